The standard InChI is InChI=1S/C12H6Br2N2O4/c13-10-5-4-7(15(17)18)6-9(10)8-2-1-3-11(12(8)14)16(19)20/h1-6H. The van der Waals surface area contributed by atoms with Gasteiger partial charge in [0.25, 0.3) is 11.4 Å². The van der Waals surface area contributed by atoms with Crippen molar-refractivity contribution in [3.8, 4) is 11.1 Å². The molecule has 6 nitrogen and oxygen atoms in total. The summed E-state index contributed by atoms with van der Waals surface area (Å²) in [5.74, 6) is 0. The van der Waals surface area contributed by atoms with E-state index in [1.54, 1.807) is 12.1 Å². The Morgan fingerprint density at radius 2 is 1.60 bits per heavy atom. The Balaban J connectivity index is 2.68. The predicted molar refractivity (Wildman–Crippen MR) is 80.6 cm³/mol. The van der Waals surface area contributed by atoms with Gasteiger partial charge in [0.2, 0.25) is 0 Å². The second-order valence-corrected chi connectivity index (χ2v) is 5.46. The van der Waals surface area contributed by atoms with Crippen LogP contribution in [0.1, 0.15) is 0 Å². The molecule has 0 N–H and O–H groups in total. The molecule has 0 aliphatic rings. The molecular formula is C12H6Br2N2O4. The Labute approximate surface area is 130 Å². The van der Waals surface area contributed by atoms with Crippen LogP contribution in [0.25, 0.3) is 11.1 Å². The SMILES string of the molecule is O=[N+]([O-])c1ccc(Br)c(-c2cccc([N+](=O)[O-])c2Br)c1. The zero-order valence-corrected chi connectivity index (χ0v) is 12.9. The zero-order chi connectivity index (χ0) is 14.9. The number of nitro benzene ring substituents is 2. The Kier molecular flexibility index (Phi) is 4.15. The maximum absolute atomic E-state index is 10.9. The largest absolute Gasteiger partial charge is 0.284 e. The molecule has 0 saturated heterocycles. The zero-order valence-electron chi connectivity index (χ0n) is 9.75. The van der Waals surface area contributed by atoms with E-state index < -0.39 is 9.85 Å². The fourth-order valence-electron chi connectivity index (χ4n) is 1.70. The van der Waals surface area contributed by atoms with Gasteiger partial charge in [-0.3, -0.25) is 20.2 Å². The molecule has 2 rings (SSSR count). The first kappa shape index (κ1) is 14.6. The first-order valence-corrected chi connectivity index (χ1v) is 6.87. The molecule has 0 spiro atoms. The van der Waals surface area contributed by atoms with Gasteiger partial charge in [-0.15, -0.1) is 0 Å². The molecule has 0 saturated carbocycles. The topological polar surface area (TPSA) is 86.3 Å². The highest BCUT2D eigenvalue weighted by Gasteiger charge is 2.19. The van der Waals surface area contributed by atoms with Crippen molar-refractivity contribution in [1.82, 2.24) is 0 Å². The van der Waals surface area contributed by atoms with E-state index in [2.05, 4.69) is 31.9 Å². The number of halogens is 2. The third-order valence-electron chi connectivity index (χ3n) is 2.63. The molecule has 0 atom stereocenters. The average molecular weight is 402 g/mol. The molecule has 2 aromatic carbocycles. The molecule has 0 amide bonds. The van der Waals surface area contributed by atoms with E-state index in [9.17, 15) is 20.2 Å². The van der Waals surface area contributed by atoms with Gasteiger partial charge in [0.15, 0.2) is 0 Å². The molecular weight excluding hydrogens is 396 g/mol. The van der Waals surface area contributed by atoms with E-state index >= 15 is 0 Å². The van der Waals surface area contributed by atoms with Crippen molar-refractivity contribution in [2.45, 2.75) is 0 Å². The summed E-state index contributed by atoms with van der Waals surface area (Å²) in [7, 11) is 0. The molecule has 0 unspecified atom stereocenters. The summed E-state index contributed by atoms with van der Waals surface area (Å²) in [5, 5.41) is 21.7. The van der Waals surface area contributed by atoms with Crippen molar-refractivity contribution in [3.05, 3.63) is 65.6 Å². The predicted octanol–water partition coefficient (Wildman–Crippen LogP) is 4.70. The lowest BCUT2D eigenvalue weighted by molar-refractivity contribution is -0.385. The summed E-state index contributed by atoms with van der Waals surface area (Å²) in [6.45, 7) is 0. The van der Waals surface area contributed by atoms with Crippen molar-refractivity contribution in [2.75, 3.05) is 0 Å². The van der Waals surface area contributed by atoms with Gasteiger partial charge in [-0.25, -0.2) is 0 Å². The number of hydrogen-bond acceptors (Lipinski definition) is 4. The van der Waals surface area contributed by atoms with Crippen LogP contribution in [0.4, 0.5) is 11.4 Å². The minimum atomic E-state index is -0.515. The fourth-order valence-corrected chi connectivity index (χ4v) is 2.78. The second kappa shape index (κ2) is 5.68. The molecule has 20 heavy (non-hydrogen) atoms. The van der Waals surface area contributed by atoms with Crippen LogP contribution in [-0.2, 0) is 0 Å². The molecule has 0 aromatic heterocycles. The maximum atomic E-state index is 10.9. The summed E-state index contributed by atoms with van der Waals surface area (Å²) >= 11 is 6.48. The quantitative estimate of drug-likeness (QED) is 0.551. The van der Waals surface area contributed by atoms with Gasteiger partial charge in [0, 0.05) is 33.8 Å². The van der Waals surface area contributed by atoms with Crippen molar-refractivity contribution >= 4 is 43.2 Å². The first-order valence-electron chi connectivity index (χ1n) is 5.29. The molecule has 102 valence electrons. The van der Waals surface area contributed by atoms with E-state index in [0.29, 0.717) is 15.6 Å². The first-order chi connectivity index (χ1) is 9.41. The molecule has 0 fully saturated rings. The van der Waals surface area contributed by atoms with E-state index in [0.717, 1.165) is 0 Å². The van der Waals surface area contributed by atoms with E-state index in [-0.39, 0.29) is 15.8 Å². The second-order valence-electron chi connectivity index (χ2n) is 3.82. The van der Waals surface area contributed by atoms with Gasteiger partial charge >= 0.3 is 0 Å². The minimum absolute atomic E-state index is 0.0818. The number of hydrogen-bond donors (Lipinski definition) is 0. The van der Waals surface area contributed by atoms with Gasteiger partial charge in [-0.05, 0) is 22.0 Å². The number of non-ortho nitro benzene ring substituents is 1. The molecule has 0 heterocycles. The Morgan fingerprint density at radius 3 is 2.20 bits per heavy atom. The lowest BCUT2D eigenvalue weighted by Gasteiger charge is -2.07. The minimum Gasteiger partial charge on any atom is -0.258 e. The van der Waals surface area contributed by atoms with E-state index in [1.807, 2.05) is 0 Å². The number of nitrogens with zero attached hydrogens (tertiary/aromatic N) is 2. The summed E-state index contributed by atoms with van der Waals surface area (Å²) < 4.78 is 0.899. The van der Waals surface area contributed by atoms with Crippen LogP contribution in [-0.4, -0.2) is 9.85 Å². The van der Waals surface area contributed by atoms with Gasteiger partial charge in [-0.2, -0.15) is 0 Å². The summed E-state index contributed by atoms with van der Waals surface area (Å²) in [5.41, 5.74) is 0.840. The average Bonchev–Trinajstić information content (AvgIpc) is 2.39. The van der Waals surface area contributed by atoms with Gasteiger partial charge in [-0.1, -0.05) is 28.1 Å². The molecule has 0 aliphatic heterocycles. The lowest BCUT2D eigenvalue weighted by Crippen LogP contribution is -1.93. The van der Waals surface area contributed by atoms with Crippen LogP contribution in [0.3, 0.4) is 0 Å². The lowest BCUT2D eigenvalue weighted by atomic mass is 10.0. The number of nitro groups is 2. The molecule has 2 aromatic rings. The third kappa shape index (κ3) is 2.70. The van der Waals surface area contributed by atoms with Gasteiger partial charge in [0.05, 0.1) is 9.85 Å². The van der Waals surface area contributed by atoms with Crippen LogP contribution in [0, 0.1) is 20.2 Å². The van der Waals surface area contributed by atoms with E-state index in [4.69, 9.17) is 0 Å². The normalized spacial score (nSPS) is 10.3. The molecule has 8 heteroatoms. The van der Waals surface area contributed by atoms with Crippen LogP contribution in [0.5, 0.6) is 0 Å². The third-order valence-corrected chi connectivity index (χ3v) is 4.15. The van der Waals surface area contributed by atoms with Crippen molar-refractivity contribution in [3.63, 3.8) is 0 Å². The summed E-state index contributed by atoms with van der Waals surface area (Å²) in [6.07, 6.45) is 0. The highest BCUT2D eigenvalue weighted by Crippen LogP contribution is 2.39. The smallest absolute Gasteiger partial charge is 0.258 e. The van der Waals surface area contributed by atoms with Gasteiger partial charge < -0.3 is 0 Å². The fraction of sp³-hybridized carbons (Fsp3) is 0. The number of benzene rings is 2. The molecule has 0 bridgehead atoms. The Hall–Kier alpha value is -1.80. The Morgan fingerprint density at radius 1 is 0.900 bits per heavy atom. The van der Waals surface area contributed by atoms with Crippen molar-refractivity contribution < 1.29 is 9.85 Å². The monoisotopic (exact) mass is 400 g/mol. The highest BCUT2D eigenvalue weighted by molar-refractivity contribution is 9.11. The van der Waals surface area contributed by atoms with Crippen molar-refractivity contribution in [1.29, 1.82) is 0 Å². The van der Waals surface area contributed by atoms with Gasteiger partial charge in [0.1, 0.15) is 4.47 Å². The highest BCUT2D eigenvalue weighted by atomic mass is 79.9. The van der Waals surface area contributed by atoms with Crippen LogP contribution < -0.4 is 0 Å². The van der Waals surface area contributed by atoms with Crippen molar-refractivity contribution in [2.24, 2.45) is 0 Å². The maximum Gasteiger partial charge on any atom is 0.284 e. The van der Waals surface area contributed by atoms with Crippen LogP contribution in [0.2, 0.25) is 0 Å². The molecule has 0 aliphatic carbocycles. The summed E-state index contributed by atoms with van der Waals surface area (Å²) in [6, 6.07) is 8.81. The number of rotatable bonds is 3. The molecule has 0 radical (unpaired) electrons. The van der Waals surface area contributed by atoms with Crippen LogP contribution >= 0.6 is 31.9 Å². The Bertz CT molecular complexity index is 719. The van der Waals surface area contributed by atoms with E-state index in [1.165, 1.54) is 24.3 Å². The summed E-state index contributed by atoms with van der Waals surface area (Å²) in [4.78, 5) is 20.7. The van der Waals surface area contributed by atoms with Crippen LogP contribution in [0.15, 0.2) is 45.3 Å².